The molecule has 2 heterocycles. The molecule has 0 amide bonds. The molecule has 0 aliphatic carbocycles. The second kappa shape index (κ2) is 6.04. The van der Waals surface area contributed by atoms with Gasteiger partial charge >= 0.3 is 13.1 Å². The third kappa shape index (κ3) is 3.36. The zero-order valence-electron chi connectivity index (χ0n) is 14.5. The molecular weight excluding hydrogens is 283 g/mol. The number of aromatic nitrogens is 2. The normalized spacial score (nSPS) is 19.5. The average molecular weight is 308 g/mol. The first-order valence-electron chi connectivity index (χ1n) is 7.68. The van der Waals surface area contributed by atoms with Gasteiger partial charge in [0.25, 0.3) is 0 Å². The van der Waals surface area contributed by atoms with E-state index in [2.05, 4.69) is 9.97 Å². The van der Waals surface area contributed by atoms with Gasteiger partial charge in [0.2, 0.25) is 5.88 Å². The Balaban J connectivity index is 2.31. The van der Waals surface area contributed by atoms with E-state index in [4.69, 9.17) is 18.8 Å². The summed E-state index contributed by atoms with van der Waals surface area (Å²) in [6.45, 7) is 14.3. The fourth-order valence-corrected chi connectivity index (χ4v) is 2.01. The minimum absolute atomic E-state index is 0.00262. The van der Waals surface area contributed by atoms with Gasteiger partial charge in [-0.2, -0.15) is 4.98 Å². The molecule has 22 heavy (non-hydrogen) atoms. The van der Waals surface area contributed by atoms with E-state index in [-0.39, 0.29) is 6.10 Å². The van der Waals surface area contributed by atoms with Gasteiger partial charge in [-0.3, -0.25) is 0 Å². The van der Waals surface area contributed by atoms with E-state index >= 15 is 0 Å². The highest BCUT2D eigenvalue weighted by molar-refractivity contribution is 6.63. The molecule has 2 rings (SSSR count). The molecule has 7 heteroatoms. The van der Waals surface area contributed by atoms with Crippen molar-refractivity contribution in [1.29, 1.82) is 0 Å². The molecule has 1 aliphatic heterocycles. The monoisotopic (exact) mass is 308 g/mol. The molecule has 0 aromatic carbocycles. The van der Waals surface area contributed by atoms with Crippen LogP contribution in [0, 0.1) is 0 Å². The Morgan fingerprint density at radius 1 is 1.18 bits per heavy atom. The maximum atomic E-state index is 6.04. The summed E-state index contributed by atoms with van der Waals surface area (Å²) >= 11 is 0. The van der Waals surface area contributed by atoms with E-state index in [0.717, 1.165) is 0 Å². The van der Waals surface area contributed by atoms with Gasteiger partial charge in [0.05, 0.1) is 29.4 Å². The van der Waals surface area contributed by atoms with Crippen molar-refractivity contribution in [3.05, 3.63) is 6.20 Å². The Hall–Kier alpha value is -1.34. The molecule has 0 spiro atoms. The van der Waals surface area contributed by atoms with Crippen LogP contribution in [0.5, 0.6) is 11.9 Å². The summed E-state index contributed by atoms with van der Waals surface area (Å²) in [5, 5.41) is 0. The summed E-state index contributed by atoms with van der Waals surface area (Å²) in [5.74, 6) is 0.437. The van der Waals surface area contributed by atoms with Gasteiger partial charge in [0, 0.05) is 6.20 Å². The van der Waals surface area contributed by atoms with Crippen LogP contribution < -0.4 is 14.9 Å². The fraction of sp³-hybridized carbons (Fsp3) is 0.733. The van der Waals surface area contributed by atoms with Crippen molar-refractivity contribution in [2.45, 2.75) is 65.8 Å². The van der Waals surface area contributed by atoms with Crippen molar-refractivity contribution in [3.8, 4) is 11.9 Å². The van der Waals surface area contributed by atoms with E-state index in [1.807, 2.05) is 48.5 Å². The van der Waals surface area contributed by atoms with E-state index in [0.29, 0.717) is 24.0 Å². The smallest absolute Gasteiger partial charge is 0.478 e. The molecule has 1 aliphatic rings. The minimum Gasteiger partial charge on any atom is -0.478 e. The first kappa shape index (κ1) is 17.0. The van der Waals surface area contributed by atoms with Crippen LogP contribution >= 0.6 is 0 Å². The molecule has 0 unspecified atom stereocenters. The maximum Gasteiger partial charge on any atom is 0.502 e. The van der Waals surface area contributed by atoms with Crippen LogP contribution in [-0.2, 0) is 9.31 Å². The molecule has 1 aromatic heterocycles. The average Bonchev–Trinajstić information content (AvgIpc) is 2.58. The molecular formula is C15H25BN2O4. The van der Waals surface area contributed by atoms with Gasteiger partial charge in [-0.15, -0.1) is 0 Å². The third-order valence-corrected chi connectivity index (χ3v) is 3.89. The molecule has 1 aromatic rings. The van der Waals surface area contributed by atoms with Crippen LogP contribution in [0.1, 0.15) is 48.5 Å². The number of ether oxygens (including phenoxy) is 2. The highest BCUT2D eigenvalue weighted by Crippen LogP contribution is 2.37. The predicted molar refractivity (Wildman–Crippen MR) is 84.7 cm³/mol. The first-order valence-corrected chi connectivity index (χ1v) is 7.68. The predicted octanol–water partition coefficient (Wildman–Crippen LogP) is 1.96. The zero-order valence-corrected chi connectivity index (χ0v) is 14.5. The second-order valence-corrected chi connectivity index (χ2v) is 6.60. The number of rotatable bonds is 5. The Morgan fingerprint density at radius 3 is 2.27 bits per heavy atom. The molecule has 0 radical (unpaired) electrons. The van der Waals surface area contributed by atoms with Gasteiger partial charge in [0.15, 0.2) is 0 Å². The van der Waals surface area contributed by atoms with Crippen LogP contribution in [0.2, 0.25) is 0 Å². The highest BCUT2D eigenvalue weighted by atomic mass is 16.7. The Labute approximate surface area is 132 Å². The lowest BCUT2D eigenvalue weighted by Gasteiger charge is -2.32. The fourth-order valence-electron chi connectivity index (χ4n) is 2.01. The molecule has 1 fully saturated rings. The van der Waals surface area contributed by atoms with E-state index in [1.54, 1.807) is 6.20 Å². The van der Waals surface area contributed by atoms with Crippen LogP contribution in [0.3, 0.4) is 0 Å². The van der Waals surface area contributed by atoms with Crippen LogP contribution in [-0.4, -0.2) is 41.0 Å². The van der Waals surface area contributed by atoms with Crippen molar-refractivity contribution in [1.82, 2.24) is 9.97 Å². The lowest BCUT2D eigenvalue weighted by atomic mass is 9.81. The van der Waals surface area contributed by atoms with E-state index < -0.39 is 18.3 Å². The van der Waals surface area contributed by atoms with Gasteiger partial charge < -0.3 is 18.8 Å². The minimum atomic E-state index is -0.556. The maximum absolute atomic E-state index is 6.04. The van der Waals surface area contributed by atoms with Gasteiger partial charge in [-0.1, -0.05) is 0 Å². The molecule has 0 atom stereocenters. The topological polar surface area (TPSA) is 62.7 Å². The van der Waals surface area contributed by atoms with Crippen molar-refractivity contribution < 1.29 is 18.8 Å². The lowest BCUT2D eigenvalue weighted by molar-refractivity contribution is 0.00578. The van der Waals surface area contributed by atoms with Crippen molar-refractivity contribution in [3.63, 3.8) is 0 Å². The third-order valence-electron chi connectivity index (χ3n) is 3.89. The second-order valence-electron chi connectivity index (χ2n) is 6.60. The SMILES string of the molecule is CCOc1nc(OC(C)C)ncc1B1OC(C)(C)C(C)(C)O1. The summed E-state index contributed by atoms with van der Waals surface area (Å²) < 4.78 is 23.2. The Bertz CT molecular complexity index is 518. The molecule has 6 nitrogen and oxygen atoms in total. The highest BCUT2D eigenvalue weighted by Gasteiger charge is 2.53. The molecule has 122 valence electrons. The molecule has 0 bridgehead atoms. The largest absolute Gasteiger partial charge is 0.502 e. The summed E-state index contributed by atoms with van der Waals surface area (Å²) in [5.41, 5.74) is -0.167. The zero-order chi connectivity index (χ0) is 16.5. The van der Waals surface area contributed by atoms with E-state index in [1.165, 1.54) is 0 Å². The molecule has 1 saturated heterocycles. The number of nitrogens with zero attached hydrogens (tertiary/aromatic N) is 2. The van der Waals surface area contributed by atoms with Crippen LogP contribution in [0.15, 0.2) is 6.20 Å². The van der Waals surface area contributed by atoms with Crippen molar-refractivity contribution in [2.75, 3.05) is 6.61 Å². The number of hydrogen-bond donors (Lipinski definition) is 0. The molecule has 0 saturated carbocycles. The quantitative estimate of drug-likeness (QED) is 0.775. The van der Waals surface area contributed by atoms with E-state index in [9.17, 15) is 0 Å². The Kier molecular flexibility index (Phi) is 4.68. The molecule has 0 N–H and O–H groups in total. The summed E-state index contributed by atoms with van der Waals surface area (Å²) in [7, 11) is -0.556. The summed E-state index contributed by atoms with van der Waals surface area (Å²) in [6.07, 6.45) is 1.65. The standard InChI is InChI=1S/C15H25BN2O4/c1-8-19-12-11(9-17-13(18-12)20-10(2)3)16-21-14(4,5)15(6,7)22-16/h9-10H,8H2,1-7H3. The van der Waals surface area contributed by atoms with Crippen LogP contribution in [0.25, 0.3) is 0 Å². The lowest BCUT2D eigenvalue weighted by Crippen LogP contribution is -2.41. The van der Waals surface area contributed by atoms with Crippen LogP contribution in [0.4, 0.5) is 0 Å². The number of hydrogen-bond acceptors (Lipinski definition) is 6. The van der Waals surface area contributed by atoms with Gasteiger partial charge in [0.1, 0.15) is 0 Å². The van der Waals surface area contributed by atoms with Crippen molar-refractivity contribution >= 4 is 12.6 Å². The van der Waals surface area contributed by atoms with Gasteiger partial charge in [-0.25, -0.2) is 4.98 Å². The summed E-state index contributed by atoms with van der Waals surface area (Å²) in [4.78, 5) is 8.56. The van der Waals surface area contributed by atoms with Crippen molar-refractivity contribution in [2.24, 2.45) is 0 Å². The summed E-state index contributed by atoms with van der Waals surface area (Å²) in [6, 6.07) is 0.290. The first-order chi connectivity index (χ1) is 10.2. The van der Waals surface area contributed by atoms with Gasteiger partial charge in [-0.05, 0) is 48.5 Å². The Morgan fingerprint density at radius 2 is 1.77 bits per heavy atom.